The summed E-state index contributed by atoms with van der Waals surface area (Å²) in [4.78, 5) is 8.24. The van der Waals surface area contributed by atoms with Gasteiger partial charge in [0.05, 0.1) is 0 Å². The number of aliphatic imine (C=N–C) groups is 2. The van der Waals surface area contributed by atoms with Crippen molar-refractivity contribution in [2.75, 3.05) is 13.1 Å². The summed E-state index contributed by atoms with van der Waals surface area (Å²) in [6, 6.07) is 0. The molecule has 0 spiro atoms. The van der Waals surface area contributed by atoms with Crippen LogP contribution in [0.5, 0.6) is 0 Å². The molecule has 0 aliphatic heterocycles. The Morgan fingerprint density at radius 1 is 0.909 bits per heavy atom. The van der Waals surface area contributed by atoms with Crippen LogP contribution in [0.1, 0.15) is 33.1 Å². The van der Waals surface area contributed by atoms with Crippen LogP contribution in [0.3, 0.4) is 0 Å². The van der Waals surface area contributed by atoms with Gasteiger partial charge >= 0.3 is 0 Å². The minimum Gasteiger partial charge on any atom is -0.298 e. The van der Waals surface area contributed by atoms with Crippen molar-refractivity contribution < 1.29 is 0 Å². The second-order valence-electron chi connectivity index (χ2n) is 2.29. The van der Waals surface area contributed by atoms with E-state index in [0.717, 1.165) is 25.9 Å². The molecule has 0 N–H and O–H groups in total. The molecule has 0 aromatic heterocycles. The van der Waals surface area contributed by atoms with E-state index < -0.39 is 0 Å². The monoisotopic (exact) mass is 154 g/mol. The summed E-state index contributed by atoms with van der Waals surface area (Å²) < 4.78 is 0. The van der Waals surface area contributed by atoms with Gasteiger partial charge < -0.3 is 0 Å². The highest BCUT2D eigenvalue weighted by atomic mass is 14.7. The zero-order chi connectivity index (χ0) is 8.36. The minimum atomic E-state index is 0.906. The fourth-order valence-corrected chi connectivity index (χ4v) is 0.741. The lowest BCUT2D eigenvalue weighted by molar-refractivity contribution is 0.931. The minimum absolute atomic E-state index is 0.906. The Kier molecular flexibility index (Phi) is 8.78. The average molecular weight is 154 g/mol. The van der Waals surface area contributed by atoms with Gasteiger partial charge in [0.2, 0.25) is 0 Å². The van der Waals surface area contributed by atoms with E-state index >= 15 is 0 Å². The van der Waals surface area contributed by atoms with Gasteiger partial charge in [-0.05, 0) is 45.5 Å². The molecule has 64 valence electrons. The van der Waals surface area contributed by atoms with E-state index in [4.69, 9.17) is 0 Å². The fourth-order valence-electron chi connectivity index (χ4n) is 0.741. The number of rotatable bonds is 6. The molecule has 0 aliphatic rings. The Bertz CT molecular complexity index is 103. The van der Waals surface area contributed by atoms with Gasteiger partial charge in [-0.2, -0.15) is 0 Å². The van der Waals surface area contributed by atoms with E-state index in [9.17, 15) is 0 Å². The van der Waals surface area contributed by atoms with E-state index in [1.54, 1.807) is 0 Å². The second kappa shape index (κ2) is 9.34. The fraction of sp³-hybridized carbons (Fsp3) is 0.778. The zero-order valence-electron chi connectivity index (χ0n) is 7.58. The highest BCUT2D eigenvalue weighted by molar-refractivity contribution is 5.60. The largest absolute Gasteiger partial charge is 0.298 e. The van der Waals surface area contributed by atoms with Crippen LogP contribution in [0, 0.1) is 0 Å². The maximum Gasteiger partial charge on any atom is 0.0357 e. The molecule has 11 heavy (non-hydrogen) atoms. The lowest BCUT2D eigenvalue weighted by Gasteiger charge is -1.88. The number of nitrogens with zero attached hydrogens (tertiary/aromatic N) is 2. The molecule has 2 nitrogen and oxygen atoms in total. The lowest BCUT2D eigenvalue weighted by atomic mass is 10.2. The van der Waals surface area contributed by atoms with E-state index in [-0.39, 0.29) is 0 Å². The molecule has 0 amide bonds. The van der Waals surface area contributed by atoms with Crippen molar-refractivity contribution in [1.82, 2.24) is 0 Å². The predicted molar refractivity (Wildman–Crippen MR) is 51.9 cm³/mol. The molecular weight excluding hydrogens is 136 g/mol. The molecule has 0 bridgehead atoms. The van der Waals surface area contributed by atoms with Crippen LogP contribution in [0.25, 0.3) is 0 Å². The van der Waals surface area contributed by atoms with Crippen molar-refractivity contribution in [2.45, 2.75) is 33.1 Å². The molecule has 0 rings (SSSR count). The highest BCUT2D eigenvalue weighted by Crippen LogP contribution is 1.89. The molecule has 0 unspecified atom stereocenters. The molecule has 2 heteroatoms. The van der Waals surface area contributed by atoms with Crippen LogP contribution in [-0.2, 0) is 0 Å². The predicted octanol–water partition coefficient (Wildman–Crippen LogP) is 2.34. The second-order valence-corrected chi connectivity index (χ2v) is 2.29. The molecule has 0 atom stereocenters. The van der Waals surface area contributed by atoms with Gasteiger partial charge in [0, 0.05) is 13.1 Å². The lowest BCUT2D eigenvalue weighted by Crippen LogP contribution is -1.81. The summed E-state index contributed by atoms with van der Waals surface area (Å²) >= 11 is 0. The normalized spacial score (nSPS) is 11.8. The number of hydrogen-bond acceptors (Lipinski definition) is 2. The van der Waals surface area contributed by atoms with Crippen molar-refractivity contribution >= 4 is 12.4 Å². The molecule has 0 saturated heterocycles. The Morgan fingerprint density at radius 2 is 1.36 bits per heavy atom. The smallest absolute Gasteiger partial charge is 0.0357 e. The first-order valence-electron chi connectivity index (χ1n) is 4.38. The SMILES string of the molecule is CCN=CCCCC=NCC. The number of unbranched alkanes of at least 4 members (excludes halogenated alkanes) is 2. The molecule has 0 radical (unpaired) electrons. The van der Waals surface area contributed by atoms with Crippen molar-refractivity contribution in [3.05, 3.63) is 0 Å². The zero-order valence-corrected chi connectivity index (χ0v) is 7.58. The van der Waals surface area contributed by atoms with Crippen LogP contribution in [0.15, 0.2) is 9.98 Å². The summed E-state index contributed by atoms with van der Waals surface area (Å²) in [6.45, 7) is 5.91. The average Bonchev–Trinajstić information content (AvgIpc) is 2.03. The van der Waals surface area contributed by atoms with Crippen LogP contribution in [0.2, 0.25) is 0 Å². The maximum atomic E-state index is 4.12. The molecule has 0 saturated carbocycles. The molecule has 0 fully saturated rings. The van der Waals surface area contributed by atoms with E-state index in [1.807, 2.05) is 12.4 Å². The first kappa shape index (κ1) is 10.3. The maximum absolute atomic E-state index is 4.12. The highest BCUT2D eigenvalue weighted by Gasteiger charge is 1.80. The third-order valence-electron chi connectivity index (χ3n) is 1.29. The van der Waals surface area contributed by atoms with Gasteiger partial charge in [-0.3, -0.25) is 9.98 Å². The first-order valence-corrected chi connectivity index (χ1v) is 4.38. The molecule has 0 aromatic rings. The van der Waals surface area contributed by atoms with E-state index in [0.29, 0.717) is 0 Å². The van der Waals surface area contributed by atoms with Crippen molar-refractivity contribution in [3.8, 4) is 0 Å². The summed E-state index contributed by atoms with van der Waals surface area (Å²) in [6.07, 6.45) is 7.35. The van der Waals surface area contributed by atoms with Crippen molar-refractivity contribution in [1.29, 1.82) is 0 Å². The van der Waals surface area contributed by atoms with Gasteiger partial charge in [0.1, 0.15) is 0 Å². The quantitative estimate of drug-likeness (QED) is 0.414. The van der Waals surface area contributed by atoms with Gasteiger partial charge in [0.25, 0.3) is 0 Å². The van der Waals surface area contributed by atoms with Crippen LogP contribution in [-0.4, -0.2) is 25.5 Å². The van der Waals surface area contributed by atoms with Crippen molar-refractivity contribution in [2.24, 2.45) is 9.98 Å². The third-order valence-corrected chi connectivity index (χ3v) is 1.29. The molecule has 0 aromatic carbocycles. The van der Waals surface area contributed by atoms with E-state index in [2.05, 4.69) is 23.8 Å². The van der Waals surface area contributed by atoms with Gasteiger partial charge in [0.15, 0.2) is 0 Å². The summed E-state index contributed by atoms with van der Waals surface area (Å²) in [5.74, 6) is 0. The topological polar surface area (TPSA) is 24.7 Å². The first-order chi connectivity index (χ1) is 5.41. The van der Waals surface area contributed by atoms with Crippen LogP contribution in [0.4, 0.5) is 0 Å². The summed E-state index contributed by atoms with van der Waals surface area (Å²) in [5, 5.41) is 0. The van der Waals surface area contributed by atoms with Gasteiger partial charge in [-0.25, -0.2) is 0 Å². The Hall–Kier alpha value is -0.660. The van der Waals surface area contributed by atoms with Gasteiger partial charge in [-0.1, -0.05) is 0 Å². The van der Waals surface area contributed by atoms with Crippen molar-refractivity contribution in [3.63, 3.8) is 0 Å². The van der Waals surface area contributed by atoms with Gasteiger partial charge in [-0.15, -0.1) is 0 Å². The summed E-state index contributed by atoms with van der Waals surface area (Å²) in [7, 11) is 0. The Morgan fingerprint density at radius 3 is 1.73 bits per heavy atom. The standard InChI is InChI=1S/C9H18N2/c1-3-10-8-6-5-7-9-11-4-2/h8-9H,3-7H2,1-2H3. The molecule has 0 aliphatic carbocycles. The van der Waals surface area contributed by atoms with Crippen LogP contribution < -0.4 is 0 Å². The molecule has 0 heterocycles. The third kappa shape index (κ3) is 9.34. The Labute approximate surface area is 69.4 Å². The van der Waals surface area contributed by atoms with Crippen LogP contribution >= 0.6 is 0 Å². The Balaban J connectivity index is 3.02. The number of hydrogen-bond donors (Lipinski definition) is 0. The molecular formula is C9H18N2. The van der Waals surface area contributed by atoms with E-state index in [1.165, 1.54) is 6.42 Å². The summed E-state index contributed by atoms with van der Waals surface area (Å²) in [5.41, 5.74) is 0.